The number of aliphatic hydroxyl groups is 1. The minimum Gasteiger partial charge on any atom is -0.497 e. The second-order valence-corrected chi connectivity index (χ2v) is 9.55. The van der Waals surface area contributed by atoms with Crippen LogP contribution in [0, 0.1) is 0 Å². The van der Waals surface area contributed by atoms with Crippen LogP contribution in [0.1, 0.15) is 45.4 Å². The third kappa shape index (κ3) is 33.1. The fourth-order valence-corrected chi connectivity index (χ4v) is 3.29. The summed E-state index contributed by atoms with van der Waals surface area (Å²) in [6.07, 6.45) is 7.50. The van der Waals surface area contributed by atoms with Crippen LogP contribution in [0.25, 0.3) is 0 Å². The van der Waals surface area contributed by atoms with Gasteiger partial charge in [0.2, 0.25) is 0 Å². The predicted molar refractivity (Wildman–Crippen MR) is 196 cm³/mol. The summed E-state index contributed by atoms with van der Waals surface area (Å²) in [6, 6.07) is 38.7. The molecule has 4 aromatic rings. The first-order valence-electron chi connectivity index (χ1n) is 16.0. The molecule has 1 N–H and O–H groups in total. The zero-order valence-corrected chi connectivity index (χ0v) is 29.8. The smallest absolute Gasteiger partial charge is 0.118 e. The molecule has 0 bridgehead atoms. The van der Waals surface area contributed by atoms with Gasteiger partial charge in [-0.05, 0) is 55.0 Å². The number of hydrogen-bond donors (Lipinski definition) is 1. The molecule has 4 aromatic carbocycles. The van der Waals surface area contributed by atoms with Gasteiger partial charge < -0.3 is 33.5 Å². The lowest BCUT2D eigenvalue weighted by Gasteiger charge is -1.95. The molecular weight excluding hydrogens is 592 g/mol. The van der Waals surface area contributed by atoms with E-state index < -0.39 is 0 Å². The molecule has 0 aliphatic heterocycles. The van der Waals surface area contributed by atoms with Crippen LogP contribution in [0.2, 0.25) is 0 Å². The van der Waals surface area contributed by atoms with Crippen LogP contribution in [-0.4, -0.2) is 67.6 Å². The first-order valence-corrected chi connectivity index (χ1v) is 16.0. The molecule has 7 heteroatoms. The van der Waals surface area contributed by atoms with Gasteiger partial charge in [0.25, 0.3) is 0 Å². The van der Waals surface area contributed by atoms with E-state index in [0.717, 1.165) is 29.4 Å². The van der Waals surface area contributed by atoms with Gasteiger partial charge in [-0.3, -0.25) is 0 Å². The minimum atomic E-state index is 0.367. The molecular formula is C40H60O7. The maximum absolute atomic E-state index is 8.42. The van der Waals surface area contributed by atoms with Crippen molar-refractivity contribution >= 4 is 0 Å². The van der Waals surface area contributed by atoms with E-state index in [2.05, 4.69) is 16.4 Å². The van der Waals surface area contributed by atoms with Gasteiger partial charge in [0.15, 0.2) is 0 Å². The van der Waals surface area contributed by atoms with Crippen LogP contribution >= 0.6 is 0 Å². The SMILES string of the molecule is CCCCCCCCO.COCCOC.COc1ccccc1.COc1ccccc1.COc1ccccc1.COc1ccccc1. The molecule has 0 unspecified atom stereocenters. The van der Waals surface area contributed by atoms with E-state index in [9.17, 15) is 0 Å². The van der Waals surface area contributed by atoms with Crippen molar-refractivity contribution < 1.29 is 33.5 Å². The molecule has 0 aliphatic carbocycles. The Bertz CT molecular complexity index is 915. The average Bonchev–Trinajstić information content (AvgIpc) is 3.16. The van der Waals surface area contributed by atoms with E-state index in [1.165, 1.54) is 32.1 Å². The number of ether oxygens (including phenoxy) is 6. The number of unbranched alkanes of at least 4 members (excludes halogenated alkanes) is 5. The summed E-state index contributed by atoms with van der Waals surface area (Å²) in [5.74, 6) is 3.64. The quantitative estimate of drug-likeness (QED) is 0.144. The first kappa shape index (κ1) is 45.1. The Morgan fingerprint density at radius 2 is 0.638 bits per heavy atom. The molecule has 0 atom stereocenters. The summed E-state index contributed by atoms with van der Waals surface area (Å²) < 4.78 is 29.0. The van der Waals surface area contributed by atoms with Crippen molar-refractivity contribution in [1.29, 1.82) is 0 Å². The van der Waals surface area contributed by atoms with Crippen molar-refractivity contribution in [3.63, 3.8) is 0 Å². The largest absolute Gasteiger partial charge is 0.497 e. The molecule has 0 fully saturated rings. The third-order valence-electron chi connectivity index (χ3n) is 5.92. The Morgan fingerprint density at radius 1 is 0.383 bits per heavy atom. The summed E-state index contributed by atoms with van der Waals surface area (Å²) in [5.41, 5.74) is 0. The number of hydrogen-bond acceptors (Lipinski definition) is 7. The van der Waals surface area contributed by atoms with E-state index in [-0.39, 0.29) is 0 Å². The second-order valence-electron chi connectivity index (χ2n) is 9.55. The highest BCUT2D eigenvalue weighted by atomic mass is 16.5. The molecule has 0 radical (unpaired) electrons. The van der Waals surface area contributed by atoms with Crippen molar-refractivity contribution in [2.24, 2.45) is 0 Å². The van der Waals surface area contributed by atoms with Crippen molar-refractivity contribution in [3.05, 3.63) is 121 Å². The molecule has 0 saturated heterocycles. The van der Waals surface area contributed by atoms with Crippen LogP contribution in [0.4, 0.5) is 0 Å². The molecule has 0 heterocycles. The van der Waals surface area contributed by atoms with Crippen LogP contribution < -0.4 is 18.9 Å². The summed E-state index contributed by atoms with van der Waals surface area (Å²) >= 11 is 0. The fraction of sp³-hybridized carbons (Fsp3) is 0.400. The van der Waals surface area contributed by atoms with E-state index in [1.807, 2.05) is 121 Å². The lowest BCUT2D eigenvalue weighted by molar-refractivity contribution is 0.103. The number of rotatable bonds is 13. The number of benzene rings is 4. The molecule has 47 heavy (non-hydrogen) atoms. The predicted octanol–water partition coefficient (Wildman–Crippen LogP) is 9.40. The van der Waals surface area contributed by atoms with E-state index >= 15 is 0 Å². The Hall–Kier alpha value is -4.04. The van der Waals surface area contributed by atoms with Crippen LogP contribution in [0.3, 0.4) is 0 Å². The molecule has 0 aromatic heterocycles. The lowest BCUT2D eigenvalue weighted by Crippen LogP contribution is -1.96. The second kappa shape index (κ2) is 38.1. The topological polar surface area (TPSA) is 75.6 Å². The fourth-order valence-electron chi connectivity index (χ4n) is 3.29. The Kier molecular flexibility index (Phi) is 36.6. The van der Waals surface area contributed by atoms with Gasteiger partial charge in [-0.2, -0.15) is 0 Å². The zero-order chi connectivity index (χ0) is 35.1. The lowest BCUT2D eigenvalue weighted by atomic mass is 10.1. The highest BCUT2D eigenvalue weighted by molar-refractivity contribution is 5.22. The van der Waals surface area contributed by atoms with Gasteiger partial charge in [-0.15, -0.1) is 0 Å². The average molecular weight is 653 g/mol. The van der Waals surface area contributed by atoms with Crippen molar-refractivity contribution in [3.8, 4) is 23.0 Å². The zero-order valence-electron chi connectivity index (χ0n) is 29.8. The minimum absolute atomic E-state index is 0.367. The monoisotopic (exact) mass is 652 g/mol. The number of para-hydroxylation sites is 4. The van der Waals surface area contributed by atoms with Gasteiger partial charge in [0.1, 0.15) is 23.0 Å². The normalized spacial score (nSPS) is 8.94. The number of aliphatic hydroxyl groups excluding tert-OH is 1. The summed E-state index contributed by atoms with van der Waals surface area (Å²) in [5, 5.41) is 8.42. The summed E-state index contributed by atoms with van der Waals surface area (Å²) in [7, 11) is 9.95. The third-order valence-corrected chi connectivity index (χ3v) is 5.92. The molecule has 4 rings (SSSR count). The molecule has 0 spiro atoms. The van der Waals surface area contributed by atoms with Crippen molar-refractivity contribution in [2.45, 2.75) is 45.4 Å². The molecule has 0 saturated carbocycles. The Morgan fingerprint density at radius 3 is 0.830 bits per heavy atom. The van der Waals surface area contributed by atoms with Crippen LogP contribution in [0.15, 0.2) is 121 Å². The molecule has 7 nitrogen and oxygen atoms in total. The maximum Gasteiger partial charge on any atom is 0.118 e. The van der Waals surface area contributed by atoms with Gasteiger partial charge in [-0.1, -0.05) is 112 Å². The summed E-state index contributed by atoms with van der Waals surface area (Å²) in [6.45, 7) is 3.96. The Labute approximate surface area is 285 Å². The molecule has 0 amide bonds. The van der Waals surface area contributed by atoms with Gasteiger partial charge >= 0.3 is 0 Å². The summed E-state index contributed by atoms with van der Waals surface area (Å²) in [4.78, 5) is 0. The van der Waals surface area contributed by atoms with Gasteiger partial charge in [0, 0.05) is 20.8 Å². The van der Waals surface area contributed by atoms with E-state index in [4.69, 9.17) is 24.1 Å². The van der Waals surface area contributed by atoms with Gasteiger partial charge in [0.05, 0.1) is 41.7 Å². The van der Waals surface area contributed by atoms with Crippen molar-refractivity contribution in [2.75, 3.05) is 62.5 Å². The van der Waals surface area contributed by atoms with Gasteiger partial charge in [-0.25, -0.2) is 0 Å². The maximum atomic E-state index is 8.42. The van der Waals surface area contributed by atoms with Crippen LogP contribution in [-0.2, 0) is 9.47 Å². The number of methoxy groups -OCH3 is 6. The standard InChI is InChI=1S/C8H18O.4C7H8O.C4H10O2/c1-2-3-4-5-6-7-8-9;4*1-8-7-5-3-2-4-6-7;1-5-3-4-6-2/h9H,2-8H2,1H3;4*2-6H,1H3;3-4H2,1-2H3. The van der Waals surface area contributed by atoms with E-state index in [1.54, 1.807) is 42.7 Å². The van der Waals surface area contributed by atoms with E-state index in [0.29, 0.717) is 19.8 Å². The van der Waals surface area contributed by atoms with Crippen molar-refractivity contribution in [1.82, 2.24) is 0 Å². The molecule has 262 valence electrons. The highest BCUT2D eigenvalue weighted by Gasteiger charge is 1.86. The highest BCUT2D eigenvalue weighted by Crippen LogP contribution is 2.08. The first-order chi connectivity index (χ1) is 23.1. The molecule has 0 aliphatic rings. The Balaban J connectivity index is 0. The van der Waals surface area contributed by atoms with Crippen LogP contribution in [0.5, 0.6) is 23.0 Å².